The quantitative estimate of drug-likeness (QED) is 0.766. The third-order valence-corrected chi connectivity index (χ3v) is 4.97. The maximum Gasteiger partial charge on any atom is 0.251 e. The summed E-state index contributed by atoms with van der Waals surface area (Å²) in [5.74, 6) is -0.174. The molecule has 0 aromatic heterocycles. The van der Waals surface area contributed by atoms with Gasteiger partial charge in [-0.2, -0.15) is 0 Å². The summed E-state index contributed by atoms with van der Waals surface area (Å²) in [5.41, 5.74) is 1.92. The van der Waals surface area contributed by atoms with Crippen LogP contribution in [0.1, 0.15) is 15.9 Å². The van der Waals surface area contributed by atoms with Crippen molar-refractivity contribution in [2.24, 2.45) is 0 Å². The molecule has 0 aliphatic rings. The molecule has 2 aromatic rings. The number of carbonyl (C=O) groups excluding carboxylic acids is 1. The minimum atomic E-state index is -3.45. The topological polar surface area (TPSA) is 69.7 Å². The summed E-state index contributed by atoms with van der Waals surface area (Å²) >= 11 is 0. The van der Waals surface area contributed by atoms with Crippen LogP contribution < -0.4 is 9.62 Å². The van der Waals surface area contributed by atoms with Gasteiger partial charge in [0.2, 0.25) is 10.0 Å². The predicted molar refractivity (Wildman–Crippen MR) is 105 cm³/mol. The highest BCUT2D eigenvalue weighted by Crippen LogP contribution is 2.21. The maximum absolute atomic E-state index is 12.2. The minimum Gasteiger partial charge on any atom is -0.351 e. The molecule has 0 radical (unpaired) electrons. The maximum atomic E-state index is 12.2. The number of sulfonamides is 1. The zero-order chi connectivity index (χ0) is 19.2. The van der Waals surface area contributed by atoms with Crippen molar-refractivity contribution in [2.45, 2.75) is 6.54 Å². The van der Waals surface area contributed by atoms with Crippen LogP contribution in [0, 0.1) is 0 Å². The average molecular weight is 375 g/mol. The van der Waals surface area contributed by atoms with E-state index < -0.39 is 10.0 Å². The van der Waals surface area contributed by atoms with Crippen LogP contribution in [-0.4, -0.2) is 52.7 Å². The van der Waals surface area contributed by atoms with Gasteiger partial charge in [-0.3, -0.25) is 9.10 Å². The van der Waals surface area contributed by atoms with Crippen molar-refractivity contribution in [3.8, 4) is 0 Å². The Hall–Kier alpha value is -2.38. The highest BCUT2D eigenvalue weighted by atomic mass is 32.2. The van der Waals surface area contributed by atoms with Crippen LogP contribution in [-0.2, 0) is 16.6 Å². The van der Waals surface area contributed by atoms with Gasteiger partial charge in [-0.05, 0) is 43.9 Å². The molecule has 0 aliphatic heterocycles. The molecule has 0 unspecified atom stereocenters. The first kappa shape index (κ1) is 19.9. The number of likely N-dealkylation sites (N-methyl/N-ethyl adjacent to an activating group) is 1. The van der Waals surface area contributed by atoms with Crippen molar-refractivity contribution in [3.63, 3.8) is 0 Å². The number of nitrogens with zero attached hydrogens (tertiary/aromatic N) is 2. The minimum absolute atomic E-state index is 0.174. The highest BCUT2D eigenvalue weighted by Gasteiger charge is 2.18. The summed E-state index contributed by atoms with van der Waals surface area (Å²) in [5, 5.41) is 2.84. The summed E-state index contributed by atoms with van der Waals surface area (Å²) in [7, 11) is 0.430. The second-order valence-corrected chi connectivity index (χ2v) is 8.27. The summed E-state index contributed by atoms with van der Waals surface area (Å²) in [4.78, 5) is 14.1. The highest BCUT2D eigenvalue weighted by molar-refractivity contribution is 7.92. The van der Waals surface area contributed by atoms with Crippen LogP contribution in [0.2, 0.25) is 0 Å². The van der Waals surface area contributed by atoms with Gasteiger partial charge >= 0.3 is 0 Å². The Balaban J connectivity index is 2.13. The Bertz CT molecular complexity index is 819. The molecule has 0 spiro atoms. The van der Waals surface area contributed by atoms with Gasteiger partial charge in [-0.25, -0.2) is 8.42 Å². The third-order valence-electron chi connectivity index (χ3n) is 3.83. The Morgan fingerprint density at radius 2 is 1.62 bits per heavy atom. The second-order valence-electron chi connectivity index (χ2n) is 6.36. The third kappa shape index (κ3) is 5.86. The molecule has 140 valence electrons. The molecule has 0 saturated carbocycles. The Morgan fingerprint density at radius 1 is 1.00 bits per heavy atom. The van der Waals surface area contributed by atoms with E-state index in [0.29, 0.717) is 17.8 Å². The van der Waals surface area contributed by atoms with Crippen molar-refractivity contribution in [3.05, 3.63) is 65.7 Å². The molecule has 6 nitrogen and oxygen atoms in total. The summed E-state index contributed by atoms with van der Waals surface area (Å²) in [6.07, 6.45) is 1.18. The van der Waals surface area contributed by atoms with Gasteiger partial charge in [0.25, 0.3) is 5.91 Å². The molecule has 1 N–H and O–H groups in total. The van der Waals surface area contributed by atoms with Gasteiger partial charge in [-0.1, -0.05) is 30.3 Å². The van der Waals surface area contributed by atoms with E-state index in [1.54, 1.807) is 24.3 Å². The lowest BCUT2D eigenvalue weighted by Crippen LogP contribution is -2.31. The van der Waals surface area contributed by atoms with Crippen LogP contribution >= 0.6 is 0 Å². The molecule has 0 atom stereocenters. The fraction of sp³-hybridized carbons (Fsp3) is 0.316. The first-order valence-electron chi connectivity index (χ1n) is 8.32. The standard InChI is InChI=1S/C19H25N3O3S/c1-21(2)14-13-20-19(23)17-9-11-18(12-10-17)22(26(3,24)25)15-16-7-5-4-6-8-16/h4-12H,13-15H2,1-3H3,(H,20,23). The van der Waals surface area contributed by atoms with E-state index in [4.69, 9.17) is 0 Å². The Kier molecular flexibility index (Phi) is 6.76. The summed E-state index contributed by atoms with van der Waals surface area (Å²) in [6, 6.07) is 16.0. The van der Waals surface area contributed by atoms with Gasteiger partial charge < -0.3 is 10.2 Å². The van der Waals surface area contributed by atoms with Crippen molar-refractivity contribution >= 4 is 21.6 Å². The van der Waals surface area contributed by atoms with Crippen molar-refractivity contribution in [1.29, 1.82) is 0 Å². The first-order chi connectivity index (χ1) is 12.3. The number of rotatable bonds is 8. The molecule has 0 bridgehead atoms. The van der Waals surface area contributed by atoms with E-state index in [1.807, 2.05) is 49.3 Å². The lowest BCUT2D eigenvalue weighted by atomic mass is 10.2. The molecule has 0 heterocycles. The van der Waals surface area contributed by atoms with Crippen molar-refractivity contribution in [2.75, 3.05) is 37.7 Å². The van der Waals surface area contributed by atoms with Gasteiger partial charge in [-0.15, -0.1) is 0 Å². The zero-order valence-corrected chi connectivity index (χ0v) is 16.2. The summed E-state index contributed by atoms with van der Waals surface area (Å²) in [6.45, 7) is 1.55. The molecule has 7 heteroatoms. The van der Waals surface area contributed by atoms with Gasteiger partial charge in [0.05, 0.1) is 18.5 Å². The predicted octanol–water partition coefficient (Wildman–Crippen LogP) is 1.94. The van der Waals surface area contributed by atoms with Gasteiger partial charge in [0, 0.05) is 18.7 Å². The van der Waals surface area contributed by atoms with E-state index in [9.17, 15) is 13.2 Å². The second kappa shape index (κ2) is 8.82. The number of amides is 1. The lowest BCUT2D eigenvalue weighted by Gasteiger charge is -2.22. The van der Waals surface area contributed by atoms with Crippen LogP contribution in [0.5, 0.6) is 0 Å². The van der Waals surface area contributed by atoms with E-state index >= 15 is 0 Å². The normalized spacial score (nSPS) is 11.4. The van der Waals surface area contributed by atoms with E-state index in [1.165, 1.54) is 10.6 Å². The summed E-state index contributed by atoms with van der Waals surface area (Å²) < 4.78 is 25.7. The molecular formula is C19H25N3O3S. The van der Waals surface area contributed by atoms with Crippen molar-refractivity contribution in [1.82, 2.24) is 10.2 Å². The Morgan fingerprint density at radius 3 is 2.15 bits per heavy atom. The first-order valence-corrected chi connectivity index (χ1v) is 10.2. The monoisotopic (exact) mass is 375 g/mol. The van der Waals surface area contributed by atoms with Crippen LogP contribution in [0.15, 0.2) is 54.6 Å². The largest absolute Gasteiger partial charge is 0.351 e. The van der Waals surface area contributed by atoms with Crippen LogP contribution in [0.25, 0.3) is 0 Å². The fourth-order valence-electron chi connectivity index (χ4n) is 2.42. The number of nitrogens with one attached hydrogen (secondary N) is 1. The van der Waals surface area contributed by atoms with E-state index in [-0.39, 0.29) is 12.5 Å². The average Bonchev–Trinajstić information content (AvgIpc) is 2.59. The number of hydrogen-bond donors (Lipinski definition) is 1. The molecule has 0 fully saturated rings. The number of carbonyl (C=O) groups is 1. The van der Waals surface area contributed by atoms with Gasteiger partial charge in [0.1, 0.15) is 0 Å². The van der Waals surface area contributed by atoms with Crippen molar-refractivity contribution < 1.29 is 13.2 Å². The smallest absolute Gasteiger partial charge is 0.251 e. The van der Waals surface area contributed by atoms with Crippen LogP contribution in [0.3, 0.4) is 0 Å². The SMILES string of the molecule is CN(C)CCNC(=O)c1ccc(N(Cc2ccccc2)S(C)(=O)=O)cc1. The number of anilines is 1. The van der Waals surface area contributed by atoms with E-state index in [2.05, 4.69) is 5.32 Å². The molecule has 2 aromatic carbocycles. The van der Waals surface area contributed by atoms with E-state index in [0.717, 1.165) is 12.1 Å². The fourth-order valence-corrected chi connectivity index (χ4v) is 3.31. The molecule has 1 amide bonds. The lowest BCUT2D eigenvalue weighted by molar-refractivity contribution is 0.0951. The van der Waals surface area contributed by atoms with Crippen LogP contribution in [0.4, 0.5) is 5.69 Å². The molecular weight excluding hydrogens is 350 g/mol. The molecule has 2 rings (SSSR count). The van der Waals surface area contributed by atoms with Gasteiger partial charge in [0.15, 0.2) is 0 Å². The zero-order valence-electron chi connectivity index (χ0n) is 15.3. The number of benzene rings is 2. The molecule has 0 saturated heterocycles. The molecule has 26 heavy (non-hydrogen) atoms. The molecule has 0 aliphatic carbocycles. The Labute approximate surface area is 155 Å². The number of hydrogen-bond acceptors (Lipinski definition) is 4.